The molecule has 0 aliphatic rings. The lowest BCUT2D eigenvalue weighted by Crippen LogP contribution is -2.34. The number of benzene rings is 1. The molecule has 0 fully saturated rings. The highest BCUT2D eigenvalue weighted by atomic mass is 35.5. The number of amides is 2. The number of hydrogen-bond donors (Lipinski definition) is 3. The van der Waals surface area contributed by atoms with Crippen molar-refractivity contribution in [2.75, 3.05) is 7.05 Å². The first kappa shape index (κ1) is 20.2. The Morgan fingerprint density at radius 2 is 1.92 bits per heavy atom. The molecule has 132 valence electrons. The number of likely N-dealkylation sites (N-methyl/N-ethyl adjacent to an activating group) is 1. The minimum absolute atomic E-state index is 0. The summed E-state index contributed by atoms with van der Waals surface area (Å²) in [7, 11) is 1.87. The third kappa shape index (κ3) is 6.74. The van der Waals surface area contributed by atoms with Gasteiger partial charge >= 0.3 is 6.03 Å². The zero-order valence-electron chi connectivity index (χ0n) is 13.5. The molecule has 1 aromatic heterocycles. The molecule has 0 radical (unpaired) electrons. The SMILES string of the molecule is CNC(C)Cc1noc(CNC(=O)NCc2ccc(Cl)cc2)n1.Cl. The molecule has 0 bridgehead atoms. The van der Waals surface area contributed by atoms with Crippen LogP contribution in [0, 0.1) is 0 Å². The molecular formula is C15H21Cl2N5O2. The number of hydrogen-bond acceptors (Lipinski definition) is 5. The van der Waals surface area contributed by atoms with Crippen molar-refractivity contribution in [3.05, 3.63) is 46.6 Å². The zero-order chi connectivity index (χ0) is 16.7. The average Bonchev–Trinajstić information content (AvgIpc) is 2.99. The number of aromatic nitrogens is 2. The van der Waals surface area contributed by atoms with Crippen molar-refractivity contribution in [1.29, 1.82) is 0 Å². The van der Waals surface area contributed by atoms with E-state index in [2.05, 4.69) is 26.1 Å². The maximum absolute atomic E-state index is 11.7. The van der Waals surface area contributed by atoms with Crippen LogP contribution in [0.3, 0.4) is 0 Å². The summed E-state index contributed by atoms with van der Waals surface area (Å²) in [5.74, 6) is 0.996. The Bertz CT molecular complexity index is 633. The monoisotopic (exact) mass is 373 g/mol. The highest BCUT2D eigenvalue weighted by Gasteiger charge is 2.10. The number of rotatable bonds is 7. The van der Waals surface area contributed by atoms with Gasteiger partial charge in [-0.2, -0.15) is 4.98 Å². The third-order valence-corrected chi connectivity index (χ3v) is 3.51. The molecule has 24 heavy (non-hydrogen) atoms. The van der Waals surface area contributed by atoms with Gasteiger partial charge in [-0.1, -0.05) is 28.9 Å². The van der Waals surface area contributed by atoms with Gasteiger partial charge in [0, 0.05) is 24.0 Å². The molecule has 0 saturated heterocycles. The Kier molecular flexibility index (Phi) is 8.53. The van der Waals surface area contributed by atoms with Crippen molar-refractivity contribution >= 4 is 30.0 Å². The molecule has 0 aliphatic carbocycles. The Morgan fingerprint density at radius 1 is 1.25 bits per heavy atom. The van der Waals surface area contributed by atoms with E-state index in [0.717, 1.165) is 5.56 Å². The van der Waals surface area contributed by atoms with Crippen molar-refractivity contribution in [1.82, 2.24) is 26.1 Å². The van der Waals surface area contributed by atoms with Crippen LogP contribution in [0.5, 0.6) is 0 Å². The number of carbonyl (C=O) groups excluding carboxylic acids is 1. The lowest BCUT2D eigenvalue weighted by Gasteiger charge is -2.06. The van der Waals surface area contributed by atoms with Gasteiger partial charge in [-0.25, -0.2) is 4.79 Å². The summed E-state index contributed by atoms with van der Waals surface area (Å²) >= 11 is 5.81. The molecule has 2 rings (SSSR count). The van der Waals surface area contributed by atoms with Crippen LogP contribution in [0.1, 0.15) is 24.2 Å². The molecule has 2 amide bonds. The molecule has 1 atom stereocenters. The van der Waals surface area contributed by atoms with Gasteiger partial charge in [0.15, 0.2) is 5.82 Å². The number of carbonyl (C=O) groups is 1. The first-order chi connectivity index (χ1) is 11.1. The molecule has 9 heteroatoms. The van der Waals surface area contributed by atoms with Gasteiger partial charge in [0.05, 0.1) is 6.54 Å². The summed E-state index contributed by atoms with van der Waals surface area (Å²) in [6, 6.07) is 7.23. The smallest absolute Gasteiger partial charge is 0.315 e. The number of halogens is 2. The second-order valence-electron chi connectivity index (χ2n) is 5.16. The van der Waals surface area contributed by atoms with Crippen molar-refractivity contribution in [3.63, 3.8) is 0 Å². The summed E-state index contributed by atoms with van der Waals surface area (Å²) in [4.78, 5) is 16.0. The van der Waals surface area contributed by atoms with Crippen molar-refractivity contribution < 1.29 is 9.32 Å². The summed E-state index contributed by atoms with van der Waals surface area (Å²) in [6.45, 7) is 2.63. The van der Waals surface area contributed by atoms with Crippen LogP contribution in [-0.2, 0) is 19.5 Å². The molecule has 7 nitrogen and oxygen atoms in total. The molecule has 2 aromatic rings. The average molecular weight is 374 g/mol. The summed E-state index contributed by atoms with van der Waals surface area (Å²) < 4.78 is 5.09. The normalized spacial score (nSPS) is 11.5. The maximum Gasteiger partial charge on any atom is 0.315 e. The van der Waals surface area contributed by atoms with E-state index in [1.54, 1.807) is 12.1 Å². The first-order valence-corrected chi connectivity index (χ1v) is 7.69. The van der Waals surface area contributed by atoms with Crippen LogP contribution >= 0.6 is 24.0 Å². The Labute approximate surface area is 151 Å². The molecule has 1 unspecified atom stereocenters. The largest absolute Gasteiger partial charge is 0.337 e. The molecule has 1 heterocycles. The van der Waals surface area contributed by atoms with E-state index in [0.29, 0.717) is 29.7 Å². The van der Waals surface area contributed by atoms with Gasteiger partial charge in [-0.3, -0.25) is 0 Å². The number of urea groups is 1. The van der Waals surface area contributed by atoms with Crippen LogP contribution in [0.2, 0.25) is 5.02 Å². The number of nitrogens with zero attached hydrogens (tertiary/aromatic N) is 2. The maximum atomic E-state index is 11.7. The fourth-order valence-electron chi connectivity index (χ4n) is 1.82. The summed E-state index contributed by atoms with van der Waals surface area (Å²) in [5.41, 5.74) is 0.964. The van der Waals surface area contributed by atoms with Gasteiger partial charge in [-0.05, 0) is 31.7 Å². The van der Waals surface area contributed by atoms with E-state index in [9.17, 15) is 4.79 Å². The van der Waals surface area contributed by atoms with Gasteiger partial charge in [0.1, 0.15) is 0 Å². The van der Waals surface area contributed by atoms with Gasteiger partial charge in [0.25, 0.3) is 0 Å². The summed E-state index contributed by atoms with van der Waals surface area (Å²) in [5, 5.41) is 13.1. The molecule has 0 spiro atoms. The predicted molar refractivity (Wildman–Crippen MR) is 94.3 cm³/mol. The lowest BCUT2D eigenvalue weighted by atomic mass is 10.2. The third-order valence-electron chi connectivity index (χ3n) is 3.26. The van der Waals surface area contributed by atoms with E-state index in [-0.39, 0.29) is 31.0 Å². The summed E-state index contributed by atoms with van der Waals surface area (Å²) in [6.07, 6.45) is 0.669. The van der Waals surface area contributed by atoms with E-state index in [4.69, 9.17) is 16.1 Å². The van der Waals surface area contributed by atoms with Gasteiger partial charge < -0.3 is 20.5 Å². The fourth-order valence-corrected chi connectivity index (χ4v) is 1.95. The highest BCUT2D eigenvalue weighted by Crippen LogP contribution is 2.09. The Hall–Kier alpha value is -1.83. The Balaban J connectivity index is 0.00000288. The standard InChI is InChI=1S/C15H20ClN5O2.ClH/c1-10(17-2)7-13-20-14(23-21-13)9-19-15(22)18-8-11-3-5-12(16)6-4-11;/h3-6,10,17H,7-9H2,1-2H3,(H2,18,19,22);1H. The van der Waals surface area contributed by atoms with E-state index in [1.807, 2.05) is 26.1 Å². The van der Waals surface area contributed by atoms with Crippen molar-refractivity contribution in [2.45, 2.75) is 32.5 Å². The van der Waals surface area contributed by atoms with Gasteiger partial charge in [-0.15, -0.1) is 12.4 Å². The second kappa shape index (κ2) is 10.1. The highest BCUT2D eigenvalue weighted by molar-refractivity contribution is 6.30. The molecule has 3 N–H and O–H groups in total. The van der Waals surface area contributed by atoms with E-state index >= 15 is 0 Å². The molecule has 1 aromatic carbocycles. The van der Waals surface area contributed by atoms with Crippen LogP contribution in [0.25, 0.3) is 0 Å². The molecule has 0 saturated carbocycles. The van der Waals surface area contributed by atoms with Crippen molar-refractivity contribution in [2.24, 2.45) is 0 Å². The van der Waals surface area contributed by atoms with Crippen LogP contribution in [-0.4, -0.2) is 29.3 Å². The quantitative estimate of drug-likeness (QED) is 0.692. The van der Waals surface area contributed by atoms with Gasteiger partial charge in [0.2, 0.25) is 5.89 Å². The fraction of sp³-hybridized carbons (Fsp3) is 0.400. The van der Waals surface area contributed by atoms with Crippen LogP contribution in [0.15, 0.2) is 28.8 Å². The minimum Gasteiger partial charge on any atom is -0.337 e. The minimum atomic E-state index is -0.303. The lowest BCUT2D eigenvalue weighted by molar-refractivity contribution is 0.238. The van der Waals surface area contributed by atoms with E-state index in [1.165, 1.54) is 0 Å². The second-order valence-corrected chi connectivity index (χ2v) is 5.60. The first-order valence-electron chi connectivity index (χ1n) is 7.31. The van der Waals surface area contributed by atoms with Crippen LogP contribution in [0.4, 0.5) is 4.79 Å². The molecule has 0 aliphatic heterocycles. The zero-order valence-corrected chi connectivity index (χ0v) is 15.1. The predicted octanol–water partition coefficient (Wildman–Crippen LogP) is 2.29. The Morgan fingerprint density at radius 3 is 2.58 bits per heavy atom. The topological polar surface area (TPSA) is 92.1 Å². The van der Waals surface area contributed by atoms with Crippen LogP contribution < -0.4 is 16.0 Å². The van der Waals surface area contributed by atoms with Crippen molar-refractivity contribution in [3.8, 4) is 0 Å². The van der Waals surface area contributed by atoms with E-state index < -0.39 is 0 Å². The number of nitrogens with one attached hydrogen (secondary N) is 3. The molecular weight excluding hydrogens is 353 g/mol.